The summed E-state index contributed by atoms with van der Waals surface area (Å²) in [5, 5.41) is 3.53. The highest BCUT2D eigenvalue weighted by Crippen LogP contribution is 2.38. The number of thioether (sulfide) groups is 1. The van der Waals surface area contributed by atoms with E-state index >= 15 is 0 Å². The monoisotopic (exact) mass is 552 g/mol. The zero-order valence-corrected chi connectivity index (χ0v) is 22.4. The topological polar surface area (TPSA) is 58.6 Å². The minimum atomic E-state index is 0. The average molecular weight is 553 g/mol. The Hall–Kier alpha value is -1.07. The van der Waals surface area contributed by atoms with Gasteiger partial charge in [0.2, 0.25) is 5.75 Å². The second-order valence-corrected chi connectivity index (χ2v) is 9.17. The second-order valence-electron chi connectivity index (χ2n) is 7.66. The van der Waals surface area contributed by atoms with E-state index in [1.165, 1.54) is 0 Å². The number of nitrogens with zero attached hydrogens (tertiary/aromatic N) is 3. The molecule has 2 rings (SSSR count). The van der Waals surface area contributed by atoms with Gasteiger partial charge in [0.15, 0.2) is 17.5 Å². The van der Waals surface area contributed by atoms with Crippen molar-refractivity contribution in [2.45, 2.75) is 25.1 Å². The largest absolute Gasteiger partial charge is 0.493 e. The fraction of sp³-hybridized carbons (Fsp3) is 0.667. The van der Waals surface area contributed by atoms with Crippen molar-refractivity contribution >= 4 is 41.7 Å². The molecule has 1 aliphatic rings. The van der Waals surface area contributed by atoms with E-state index in [1.807, 2.05) is 30.9 Å². The van der Waals surface area contributed by atoms with Crippen LogP contribution in [0.5, 0.6) is 17.2 Å². The number of rotatable bonds is 8. The summed E-state index contributed by atoms with van der Waals surface area (Å²) in [4.78, 5) is 9.26. The fourth-order valence-corrected chi connectivity index (χ4v) is 3.52. The average Bonchev–Trinajstić information content (AvgIpc) is 2.74. The van der Waals surface area contributed by atoms with Crippen molar-refractivity contribution in [3.05, 3.63) is 17.7 Å². The Morgan fingerprint density at radius 1 is 1.07 bits per heavy atom. The summed E-state index contributed by atoms with van der Waals surface area (Å²) in [7, 11) is 6.78. The standard InChI is InChI=1S/C21H36N4O3S.HI/c1-21(2,29-7)15-23-20(22-3)25-10-8-24(9-11-25)14-16-12-17(26-4)19(28-6)18(13-16)27-5;/h12-13H,8-11,14-15H2,1-7H3,(H,22,23);1H. The summed E-state index contributed by atoms with van der Waals surface area (Å²) in [6.45, 7) is 10.1. The maximum Gasteiger partial charge on any atom is 0.203 e. The summed E-state index contributed by atoms with van der Waals surface area (Å²) in [5.41, 5.74) is 1.15. The maximum absolute atomic E-state index is 5.48. The molecule has 7 nitrogen and oxygen atoms in total. The number of piperazine rings is 1. The van der Waals surface area contributed by atoms with Gasteiger partial charge < -0.3 is 24.4 Å². The molecule has 1 fully saturated rings. The molecule has 1 aromatic carbocycles. The van der Waals surface area contributed by atoms with Crippen LogP contribution in [0.15, 0.2) is 17.1 Å². The predicted molar refractivity (Wildman–Crippen MR) is 137 cm³/mol. The molecule has 172 valence electrons. The van der Waals surface area contributed by atoms with Gasteiger partial charge in [-0.15, -0.1) is 24.0 Å². The number of guanidine groups is 1. The van der Waals surface area contributed by atoms with Gasteiger partial charge in [-0.2, -0.15) is 11.8 Å². The number of nitrogens with one attached hydrogen (secondary N) is 1. The van der Waals surface area contributed by atoms with Crippen molar-refractivity contribution in [3.63, 3.8) is 0 Å². The lowest BCUT2D eigenvalue weighted by atomic mass is 10.1. The lowest BCUT2D eigenvalue weighted by Crippen LogP contribution is -2.53. The molecule has 0 spiro atoms. The van der Waals surface area contributed by atoms with Gasteiger partial charge in [-0.05, 0) is 37.8 Å². The molecule has 9 heteroatoms. The molecule has 0 aliphatic carbocycles. The third-order valence-electron chi connectivity index (χ3n) is 5.24. The molecule has 0 amide bonds. The minimum Gasteiger partial charge on any atom is -0.493 e. The SMILES string of the molecule is CN=C(NCC(C)(C)SC)N1CCN(Cc2cc(OC)c(OC)c(OC)c2)CC1.I. The first kappa shape index (κ1) is 27.0. The Balaban J connectivity index is 0.00000450. The number of aliphatic imine (C=N–C) groups is 1. The van der Waals surface area contributed by atoms with Crippen LogP contribution in [-0.2, 0) is 6.54 Å². The third-order valence-corrected chi connectivity index (χ3v) is 6.49. The highest BCUT2D eigenvalue weighted by Gasteiger charge is 2.23. The fourth-order valence-electron chi connectivity index (χ4n) is 3.30. The number of hydrogen-bond acceptors (Lipinski definition) is 6. The summed E-state index contributed by atoms with van der Waals surface area (Å²) in [6, 6.07) is 4.05. The second kappa shape index (κ2) is 12.7. The molecule has 1 N–H and O–H groups in total. The molecular weight excluding hydrogens is 515 g/mol. The number of halogens is 1. The summed E-state index contributed by atoms with van der Waals surface area (Å²) >= 11 is 1.86. The van der Waals surface area contributed by atoms with E-state index in [1.54, 1.807) is 21.3 Å². The molecule has 1 saturated heterocycles. The Kier molecular flexibility index (Phi) is 11.4. The van der Waals surface area contributed by atoms with Crippen molar-refractivity contribution in [1.29, 1.82) is 0 Å². The zero-order chi connectivity index (χ0) is 21.4. The van der Waals surface area contributed by atoms with Crippen molar-refractivity contribution in [2.75, 3.05) is 67.4 Å². The van der Waals surface area contributed by atoms with Crippen LogP contribution in [-0.4, -0.2) is 87.9 Å². The van der Waals surface area contributed by atoms with Crippen molar-refractivity contribution in [1.82, 2.24) is 15.1 Å². The van der Waals surface area contributed by atoms with Crippen LogP contribution in [0.3, 0.4) is 0 Å². The van der Waals surface area contributed by atoms with E-state index in [2.05, 4.69) is 40.2 Å². The molecule has 1 aliphatic heterocycles. The molecule has 0 aromatic heterocycles. The van der Waals surface area contributed by atoms with E-state index in [9.17, 15) is 0 Å². The van der Waals surface area contributed by atoms with Crippen LogP contribution in [0, 0.1) is 0 Å². The van der Waals surface area contributed by atoms with Gasteiger partial charge in [-0.1, -0.05) is 0 Å². The molecule has 1 aromatic rings. The lowest BCUT2D eigenvalue weighted by molar-refractivity contribution is 0.172. The molecule has 0 bridgehead atoms. The van der Waals surface area contributed by atoms with Gasteiger partial charge in [0.05, 0.1) is 21.3 Å². The number of ether oxygens (including phenoxy) is 3. The van der Waals surface area contributed by atoms with Gasteiger partial charge in [-0.25, -0.2) is 0 Å². The first-order valence-electron chi connectivity index (χ1n) is 9.89. The first-order chi connectivity index (χ1) is 13.9. The van der Waals surface area contributed by atoms with Gasteiger partial charge in [0.1, 0.15) is 0 Å². The van der Waals surface area contributed by atoms with E-state index in [0.29, 0.717) is 17.2 Å². The van der Waals surface area contributed by atoms with Crippen molar-refractivity contribution in [2.24, 2.45) is 4.99 Å². The van der Waals surface area contributed by atoms with E-state index in [-0.39, 0.29) is 28.7 Å². The van der Waals surface area contributed by atoms with E-state index in [4.69, 9.17) is 14.2 Å². The molecule has 0 radical (unpaired) electrons. The van der Waals surface area contributed by atoms with Gasteiger partial charge in [0, 0.05) is 51.1 Å². The van der Waals surface area contributed by atoms with Gasteiger partial charge in [0.25, 0.3) is 0 Å². The number of benzene rings is 1. The summed E-state index contributed by atoms with van der Waals surface area (Å²) < 4.78 is 16.6. The van der Waals surface area contributed by atoms with Gasteiger partial charge >= 0.3 is 0 Å². The highest BCUT2D eigenvalue weighted by molar-refractivity contribution is 14.0. The summed E-state index contributed by atoms with van der Waals surface area (Å²) in [5.74, 6) is 3.01. The van der Waals surface area contributed by atoms with Crippen molar-refractivity contribution in [3.8, 4) is 17.2 Å². The normalized spacial score (nSPS) is 15.4. The Morgan fingerprint density at radius 3 is 2.07 bits per heavy atom. The highest BCUT2D eigenvalue weighted by atomic mass is 127. The van der Waals surface area contributed by atoms with Gasteiger partial charge in [-0.3, -0.25) is 9.89 Å². The molecule has 0 saturated carbocycles. The predicted octanol–water partition coefficient (Wildman–Crippen LogP) is 3.17. The van der Waals surface area contributed by atoms with Crippen LogP contribution in [0.25, 0.3) is 0 Å². The zero-order valence-electron chi connectivity index (χ0n) is 19.3. The van der Waals surface area contributed by atoms with E-state index < -0.39 is 0 Å². The molecule has 1 heterocycles. The number of methoxy groups -OCH3 is 3. The molecule has 30 heavy (non-hydrogen) atoms. The van der Waals surface area contributed by atoms with Crippen molar-refractivity contribution < 1.29 is 14.2 Å². The molecule has 0 unspecified atom stereocenters. The van der Waals surface area contributed by atoms with Crippen LogP contribution in [0.4, 0.5) is 0 Å². The first-order valence-corrected chi connectivity index (χ1v) is 11.1. The third kappa shape index (κ3) is 7.26. The maximum atomic E-state index is 5.48. The summed E-state index contributed by atoms with van der Waals surface area (Å²) in [6.07, 6.45) is 2.15. The minimum absolute atomic E-state index is 0. The Bertz CT molecular complexity index is 670. The molecular formula is C21H37IN4O3S. The van der Waals surface area contributed by atoms with Crippen LogP contribution in [0.1, 0.15) is 19.4 Å². The van der Waals surface area contributed by atoms with Crippen LogP contribution in [0.2, 0.25) is 0 Å². The quantitative estimate of drug-likeness (QED) is 0.302. The van der Waals surface area contributed by atoms with E-state index in [0.717, 1.165) is 50.8 Å². The smallest absolute Gasteiger partial charge is 0.203 e. The Labute approximate surface area is 202 Å². The van der Waals surface area contributed by atoms with Crippen LogP contribution < -0.4 is 19.5 Å². The lowest BCUT2D eigenvalue weighted by Gasteiger charge is -2.37. The van der Waals surface area contributed by atoms with Crippen LogP contribution >= 0.6 is 35.7 Å². The Morgan fingerprint density at radius 2 is 1.63 bits per heavy atom. The number of hydrogen-bond donors (Lipinski definition) is 1. The molecule has 0 atom stereocenters.